The number of anilines is 1. The van der Waals surface area contributed by atoms with Gasteiger partial charge in [-0.1, -0.05) is 24.3 Å². The van der Waals surface area contributed by atoms with Crippen molar-refractivity contribution in [2.75, 3.05) is 18.0 Å². The summed E-state index contributed by atoms with van der Waals surface area (Å²) in [5.41, 5.74) is 4.95. The van der Waals surface area contributed by atoms with Gasteiger partial charge >= 0.3 is 0 Å². The molecule has 2 aromatic rings. The molecular formula is C24H32N2O2. The lowest BCUT2D eigenvalue weighted by Crippen LogP contribution is -2.36. The number of fused-ring (bicyclic) bond motifs is 1. The van der Waals surface area contributed by atoms with E-state index in [1.165, 1.54) is 29.7 Å². The molecule has 150 valence electrons. The van der Waals surface area contributed by atoms with E-state index in [1.54, 1.807) is 0 Å². The molecule has 1 N–H and O–H groups in total. The van der Waals surface area contributed by atoms with Crippen LogP contribution >= 0.6 is 0 Å². The number of benzene rings is 2. The predicted octanol–water partition coefficient (Wildman–Crippen LogP) is 4.50. The van der Waals surface area contributed by atoms with E-state index in [0.717, 1.165) is 37.2 Å². The van der Waals surface area contributed by atoms with Gasteiger partial charge in [0, 0.05) is 25.3 Å². The highest BCUT2D eigenvalue weighted by Gasteiger charge is 2.19. The first-order chi connectivity index (χ1) is 13.6. The maximum atomic E-state index is 12.5. The number of hydrogen-bond acceptors (Lipinski definition) is 3. The number of hydrogen-bond donors (Lipinski definition) is 1. The summed E-state index contributed by atoms with van der Waals surface area (Å²) in [7, 11) is 0. The molecule has 4 nitrogen and oxygen atoms in total. The third-order valence-electron chi connectivity index (χ3n) is 5.56. The smallest absolute Gasteiger partial charge is 0.261 e. The Morgan fingerprint density at radius 2 is 1.79 bits per heavy atom. The Bertz CT molecular complexity index is 782. The van der Waals surface area contributed by atoms with Crippen LogP contribution in [-0.2, 0) is 24.2 Å². The average molecular weight is 381 g/mol. The highest BCUT2D eigenvalue weighted by atomic mass is 16.5. The second kappa shape index (κ2) is 9.63. The number of carbonyl (C=O) groups excluding carboxylic acids is 1. The summed E-state index contributed by atoms with van der Waals surface area (Å²) in [4.78, 5) is 14.8. The summed E-state index contributed by atoms with van der Waals surface area (Å²) in [6, 6.07) is 14.6. The number of nitrogens with one attached hydrogen (secondary N) is 1. The molecule has 0 heterocycles. The predicted molar refractivity (Wildman–Crippen MR) is 115 cm³/mol. The summed E-state index contributed by atoms with van der Waals surface area (Å²) >= 11 is 0. The van der Waals surface area contributed by atoms with Gasteiger partial charge in [-0.05, 0) is 81.3 Å². The fourth-order valence-corrected chi connectivity index (χ4v) is 3.85. The largest absolute Gasteiger partial charge is 0.481 e. The van der Waals surface area contributed by atoms with E-state index in [-0.39, 0.29) is 5.91 Å². The van der Waals surface area contributed by atoms with Gasteiger partial charge in [0.15, 0.2) is 6.10 Å². The number of aryl methyl sites for hydroxylation is 1. The number of nitrogens with zero attached hydrogens (tertiary/aromatic N) is 1. The van der Waals surface area contributed by atoms with Gasteiger partial charge in [0.1, 0.15) is 5.75 Å². The van der Waals surface area contributed by atoms with E-state index in [0.29, 0.717) is 6.54 Å². The minimum Gasteiger partial charge on any atom is -0.481 e. The second-order valence-corrected chi connectivity index (χ2v) is 7.42. The lowest BCUT2D eigenvalue weighted by molar-refractivity contribution is -0.127. The van der Waals surface area contributed by atoms with Crippen LogP contribution in [-0.4, -0.2) is 25.1 Å². The Kier molecular flexibility index (Phi) is 6.96. The van der Waals surface area contributed by atoms with E-state index in [2.05, 4.69) is 54.4 Å². The van der Waals surface area contributed by atoms with Crippen molar-refractivity contribution in [1.82, 2.24) is 5.32 Å². The third-order valence-corrected chi connectivity index (χ3v) is 5.56. The lowest BCUT2D eigenvalue weighted by atomic mass is 9.91. The zero-order valence-corrected chi connectivity index (χ0v) is 17.3. The summed E-state index contributed by atoms with van der Waals surface area (Å²) in [6.45, 7) is 8.63. The molecule has 3 rings (SSSR count). The van der Waals surface area contributed by atoms with E-state index in [4.69, 9.17) is 4.74 Å². The molecule has 0 saturated carbocycles. The monoisotopic (exact) mass is 380 g/mol. The number of ether oxygens (including phenoxy) is 1. The SMILES string of the molecule is CCN(CC)c1ccc(CNC(=O)[C@H](C)Oc2cccc3c2CCCC3)cc1. The summed E-state index contributed by atoms with van der Waals surface area (Å²) in [5.74, 6) is 0.782. The highest BCUT2D eigenvalue weighted by molar-refractivity contribution is 5.80. The van der Waals surface area contributed by atoms with Gasteiger partial charge in [-0.15, -0.1) is 0 Å². The second-order valence-electron chi connectivity index (χ2n) is 7.42. The first kappa shape index (κ1) is 20.2. The van der Waals surface area contributed by atoms with Crippen LogP contribution in [0, 0.1) is 0 Å². The Morgan fingerprint density at radius 1 is 1.07 bits per heavy atom. The molecule has 28 heavy (non-hydrogen) atoms. The molecule has 4 heteroatoms. The third kappa shape index (κ3) is 4.86. The lowest BCUT2D eigenvalue weighted by Gasteiger charge is -2.22. The standard InChI is InChI=1S/C24H32N2O2/c1-4-26(5-2)21-15-13-19(14-16-21)17-25-24(27)18(3)28-23-12-8-10-20-9-6-7-11-22(20)23/h8,10,12-16,18H,4-7,9,11,17H2,1-3H3,(H,25,27)/t18-/m0/s1. The van der Waals surface area contributed by atoms with Crippen molar-refractivity contribution in [2.24, 2.45) is 0 Å². The first-order valence-corrected chi connectivity index (χ1v) is 10.5. The van der Waals surface area contributed by atoms with Crippen LogP contribution in [0.2, 0.25) is 0 Å². The summed E-state index contributed by atoms with van der Waals surface area (Å²) in [5, 5.41) is 3.00. The van der Waals surface area contributed by atoms with Gasteiger partial charge in [-0.2, -0.15) is 0 Å². The zero-order valence-electron chi connectivity index (χ0n) is 17.3. The molecular weight excluding hydrogens is 348 g/mol. The Hall–Kier alpha value is -2.49. The van der Waals surface area contributed by atoms with E-state index in [9.17, 15) is 4.79 Å². The van der Waals surface area contributed by atoms with Crippen LogP contribution in [0.25, 0.3) is 0 Å². The Morgan fingerprint density at radius 3 is 2.50 bits per heavy atom. The van der Waals surface area contributed by atoms with Crippen molar-refractivity contribution in [3.8, 4) is 5.75 Å². The molecule has 0 fully saturated rings. The summed E-state index contributed by atoms with van der Waals surface area (Å²) < 4.78 is 6.02. The van der Waals surface area contributed by atoms with Crippen molar-refractivity contribution in [1.29, 1.82) is 0 Å². The van der Waals surface area contributed by atoms with Crippen molar-refractivity contribution < 1.29 is 9.53 Å². The topological polar surface area (TPSA) is 41.6 Å². The molecule has 1 atom stereocenters. The molecule has 2 aromatic carbocycles. The molecule has 0 unspecified atom stereocenters. The summed E-state index contributed by atoms with van der Waals surface area (Å²) in [6.07, 6.45) is 4.06. The number of carbonyl (C=O) groups is 1. The van der Waals surface area contributed by atoms with Crippen molar-refractivity contribution in [3.63, 3.8) is 0 Å². The van der Waals surface area contributed by atoms with Crippen LogP contribution < -0.4 is 15.0 Å². The Labute approximate surface area is 168 Å². The van der Waals surface area contributed by atoms with E-state index < -0.39 is 6.10 Å². The van der Waals surface area contributed by atoms with E-state index in [1.807, 2.05) is 19.1 Å². The maximum Gasteiger partial charge on any atom is 0.261 e. The van der Waals surface area contributed by atoms with Gasteiger partial charge in [-0.3, -0.25) is 4.79 Å². The molecule has 0 saturated heterocycles. The Balaban J connectivity index is 1.55. The molecule has 0 aliphatic heterocycles. The zero-order chi connectivity index (χ0) is 19.9. The van der Waals surface area contributed by atoms with E-state index >= 15 is 0 Å². The molecule has 0 spiro atoms. The maximum absolute atomic E-state index is 12.5. The van der Waals surface area contributed by atoms with Crippen LogP contribution in [0.4, 0.5) is 5.69 Å². The van der Waals surface area contributed by atoms with Gasteiger partial charge in [0.25, 0.3) is 5.91 Å². The van der Waals surface area contributed by atoms with Gasteiger partial charge < -0.3 is 15.0 Å². The first-order valence-electron chi connectivity index (χ1n) is 10.5. The van der Waals surface area contributed by atoms with Gasteiger partial charge in [-0.25, -0.2) is 0 Å². The molecule has 1 aliphatic carbocycles. The average Bonchev–Trinajstić information content (AvgIpc) is 2.74. The van der Waals surface area contributed by atoms with Crippen LogP contribution in [0.15, 0.2) is 42.5 Å². The van der Waals surface area contributed by atoms with Gasteiger partial charge in [0.05, 0.1) is 0 Å². The fraction of sp³-hybridized carbons (Fsp3) is 0.458. The van der Waals surface area contributed by atoms with Crippen molar-refractivity contribution in [2.45, 2.75) is 59.1 Å². The molecule has 0 aromatic heterocycles. The number of amides is 1. The highest BCUT2D eigenvalue weighted by Crippen LogP contribution is 2.30. The van der Waals surface area contributed by atoms with Crippen LogP contribution in [0.5, 0.6) is 5.75 Å². The molecule has 0 bridgehead atoms. The molecule has 1 amide bonds. The molecule has 0 radical (unpaired) electrons. The minimum absolute atomic E-state index is 0.0822. The number of rotatable bonds is 8. The normalized spacial score (nSPS) is 14.1. The van der Waals surface area contributed by atoms with Crippen molar-refractivity contribution in [3.05, 3.63) is 59.2 Å². The minimum atomic E-state index is -0.511. The van der Waals surface area contributed by atoms with Crippen LogP contribution in [0.3, 0.4) is 0 Å². The fourth-order valence-electron chi connectivity index (χ4n) is 3.85. The van der Waals surface area contributed by atoms with Crippen molar-refractivity contribution >= 4 is 11.6 Å². The quantitative estimate of drug-likeness (QED) is 0.733. The molecule has 1 aliphatic rings. The van der Waals surface area contributed by atoms with Crippen LogP contribution in [0.1, 0.15) is 50.3 Å². The van der Waals surface area contributed by atoms with Gasteiger partial charge in [0.2, 0.25) is 0 Å².